The van der Waals surface area contributed by atoms with E-state index in [1.165, 1.54) is 10.9 Å². The fourth-order valence-electron chi connectivity index (χ4n) is 2.66. The first-order chi connectivity index (χ1) is 11.2. The fourth-order valence-corrected chi connectivity index (χ4v) is 2.79. The maximum absolute atomic E-state index is 11.9. The van der Waals surface area contributed by atoms with Crippen LogP contribution in [0, 0.1) is 0 Å². The molecule has 0 radical (unpaired) electrons. The van der Waals surface area contributed by atoms with Gasteiger partial charge in [-0.05, 0) is 41.6 Å². The average molecular weight is 327 g/mol. The Morgan fingerprint density at radius 2 is 1.83 bits per heavy atom. The van der Waals surface area contributed by atoms with Crippen molar-refractivity contribution in [3.63, 3.8) is 0 Å². The number of hydrogen-bond acceptors (Lipinski definition) is 1. The van der Waals surface area contributed by atoms with Crippen molar-refractivity contribution >= 4 is 28.4 Å². The van der Waals surface area contributed by atoms with Crippen LogP contribution in [0.5, 0.6) is 0 Å². The Hall–Kier alpha value is -2.26. The van der Waals surface area contributed by atoms with E-state index in [1.54, 1.807) is 12.1 Å². The molecule has 1 heterocycles. The predicted octanol–water partition coefficient (Wildman–Crippen LogP) is 4.04. The van der Waals surface area contributed by atoms with E-state index >= 15 is 0 Å². The van der Waals surface area contributed by atoms with Gasteiger partial charge in [0.05, 0.1) is 6.42 Å². The van der Waals surface area contributed by atoms with Crippen molar-refractivity contribution in [3.8, 4) is 0 Å². The molecule has 0 aliphatic heterocycles. The van der Waals surface area contributed by atoms with Crippen LogP contribution in [0.15, 0.2) is 60.8 Å². The molecule has 1 aromatic heterocycles. The van der Waals surface area contributed by atoms with E-state index in [-0.39, 0.29) is 5.91 Å². The number of amides is 1. The first-order valence-corrected chi connectivity index (χ1v) is 8.15. The first-order valence-electron chi connectivity index (χ1n) is 7.77. The number of nitrogens with zero attached hydrogens (tertiary/aromatic N) is 1. The zero-order valence-corrected chi connectivity index (χ0v) is 13.6. The molecule has 4 heteroatoms. The lowest BCUT2D eigenvalue weighted by Crippen LogP contribution is -2.26. The Bertz CT molecular complexity index is 792. The third-order valence-electron chi connectivity index (χ3n) is 3.86. The van der Waals surface area contributed by atoms with Gasteiger partial charge in [-0.3, -0.25) is 4.79 Å². The van der Waals surface area contributed by atoms with Gasteiger partial charge in [0.2, 0.25) is 5.91 Å². The molecule has 3 nitrogen and oxygen atoms in total. The maximum Gasteiger partial charge on any atom is 0.224 e. The average Bonchev–Trinajstić information content (AvgIpc) is 2.97. The second-order valence-corrected chi connectivity index (χ2v) is 6.01. The largest absolute Gasteiger partial charge is 0.356 e. The summed E-state index contributed by atoms with van der Waals surface area (Å²) in [4.78, 5) is 11.9. The minimum atomic E-state index is 0.0460. The van der Waals surface area contributed by atoms with Gasteiger partial charge in [-0.1, -0.05) is 41.9 Å². The molecule has 0 unspecified atom stereocenters. The van der Waals surface area contributed by atoms with Crippen molar-refractivity contribution < 1.29 is 4.79 Å². The van der Waals surface area contributed by atoms with Crippen molar-refractivity contribution in [1.29, 1.82) is 0 Å². The van der Waals surface area contributed by atoms with Crippen LogP contribution in [-0.2, 0) is 17.8 Å². The van der Waals surface area contributed by atoms with Crippen molar-refractivity contribution in [1.82, 2.24) is 9.88 Å². The molecule has 0 saturated carbocycles. The van der Waals surface area contributed by atoms with Crippen LogP contribution in [0.4, 0.5) is 0 Å². The molecule has 1 amide bonds. The van der Waals surface area contributed by atoms with E-state index in [0.29, 0.717) is 18.0 Å². The van der Waals surface area contributed by atoms with Gasteiger partial charge in [-0.2, -0.15) is 0 Å². The molecule has 0 fully saturated rings. The number of para-hydroxylation sites is 1. The summed E-state index contributed by atoms with van der Waals surface area (Å²) < 4.78 is 2.22. The van der Waals surface area contributed by atoms with Gasteiger partial charge in [0.25, 0.3) is 0 Å². The molecule has 23 heavy (non-hydrogen) atoms. The number of nitrogens with one attached hydrogen (secondary N) is 1. The van der Waals surface area contributed by atoms with Crippen molar-refractivity contribution in [2.75, 3.05) is 6.54 Å². The standard InChI is InChI=1S/C19H19ClN2O/c20-17-8-6-15(7-9-17)14-19(23)21-11-3-12-22-13-10-16-4-1-2-5-18(16)22/h1-2,4-10,13H,3,11-12,14H2,(H,21,23). The monoisotopic (exact) mass is 326 g/mol. The molecule has 118 valence electrons. The second-order valence-electron chi connectivity index (χ2n) is 5.57. The third kappa shape index (κ3) is 4.14. The molecule has 3 rings (SSSR count). The molecular weight excluding hydrogens is 308 g/mol. The molecule has 0 aliphatic rings. The summed E-state index contributed by atoms with van der Waals surface area (Å²) in [6, 6.07) is 17.8. The fraction of sp³-hybridized carbons (Fsp3) is 0.211. The number of fused-ring (bicyclic) bond motifs is 1. The number of carbonyl (C=O) groups is 1. The summed E-state index contributed by atoms with van der Waals surface area (Å²) >= 11 is 5.84. The van der Waals surface area contributed by atoms with Crippen molar-refractivity contribution in [2.45, 2.75) is 19.4 Å². The summed E-state index contributed by atoms with van der Waals surface area (Å²) in [5.41, 5.74) is 2.21. The molecule has 1 N–H and O–H groups in total. The summed E-state index contributed by atoms with van der Waals surface area (Å²) in [6.45, 7) is 1.58. The zero-order valence-electron chi connectivity index (χ0n) is 12.8. The van der Waals surface area contributed by atoms with Crippen LogP contribution in [0.3, 0.4) is 0 Å². The lowest BCUT2D eigenvalue weighted by Gasteiger charge is -2.07. The quantitative estimate of drug-likeness (QED) is 0.681. The Kier molecular flexibility index (Phi) is 4.99. The summed E-state index contributed by atoms with van der Waals surface area (Å²) in [5.74, 6) is 0.0460. The second kappa shape index (κ2) is 7.34. The Morgan fingerprint density at radius 3 is 2.65 bits per heavy atom. The number of hydrogen-bond donors (Lipinski definition) is 1. The highest BCUT2D eigenvalue weighted by Crippen LogP contribution is 2.15. The molecule has 0 atom stereocenters. The molecule has 0 spiro atoms. The summed E-state index contributed by atoms with van der Waals surface area (Å²) in [7, 11) is 0. The van der Waals surface area contributed by atoms with Crippen LogP contribution in [0.2, 0.25) is 5.02 Å². The van der Waals surface area contributed by atoms with Crippen LogP contribution in [0.1, 0.15) is 12.0 Å². The maximum atomic E-state index is 11.9. The number of aryl methyl sites for hydroxylation is 1. The van der Waals surface area contributed by atoms with Crippen LogP contribution in [-0.4, -0.2) is 17.0 Å². The van der Waals surface area contributed by atoms with Gasteiger partial charge in [0, 0.05) is 29.8 Å². The molecule has 0 saturated heterocycles. The number of rotatable bonds is 6. The minimum absolute atomic E-state index is 0.0460. The van der Waals surface area contributed by atoms with Crippen molar-refractivity contribution in [3.05, 3.63) is 71.4 Å². The molecule has 0 bridgehead atoms. The lowest BCUT2D eigenvalue weighted by molar-refractivity contribution is -0.120. The normalized spacial score (nSPS) is 10.8. The van der Waals surface area contributed by atoms with Gasteiger partial charge in [-0.15, -0.1) is 0 Å². The van der Waals surface area contributed by atoms with E-state index in [2.05, 4.69) is 34.3 Å². The van der Waals surface area contributed by atoms with E-state index in [4.69, 9.17) is 11.6 Å². The van der Waals surface area contributed by atoms with Gasteiger partial charge in [0.15, 0.2) is 0 Å². The third-order valence-corrected chi connectivity index (χ3v) is 4.11. The molecule has 0 aliphatic carbocycles. The van der Waals surface area contributed by atoms with Gasteiger partial charge >= 0.3 is 0 Å². The van der Waals surface area contributed by atoms with E-state index in [1.807, 2.05) is 24.3 Å². The number of carbonyl (C=O) groups excluding carboxylic acids is 1. The molecule has 3 aromatic rings. The number of aromatic nitrogens is 1. The minimum Gasteiger partial charge on any atom is -0.356 e. The van der Waals surface area contributed by atoms with Crippen molar-refractivity contribution in [2.24, 2.45) is 0 Å². The Morgan fingerprint density at radius 1 is 1.04 bits per heavy atom. The Balaban J connectivity index is 1.44. The summed E-state index contributed by atoms with van der Waals surface area (Å²) in [5, 5.41) is 4.91. The topological polar surface area (TPSA) is 34.0 Å². The predicted molar refractivity (Wildman–Crippen MR) is 94.7 cm³/mol. The van der Waals surface area contributed by atoms with Crippen LogP contribution < -0.4 is 5.32 Å². The molecule has 2 aromatic carbocycles. The van der Waals surface area contributed by atoms with Gasteiger partial charge < -0.3 is 9.88 Å². The molecular formula is C19H19ClN2O. The van der Waals surface area contributed by atoms with E-state index in [0.717, 1.165) is 18.5 Å². The van der Waals surface area contributed by atoms with E-state index in [9.17, 15) is 4.79 Å². The SMILES string of the molecule is O=C(Cc1ccc(Cl)cc1)NCCCn1ccc2ccccc21. The highest BCUT2D eigenvalue weighted by molar-refractivity contribution is 6.30. The number of halogens is 1. The first kappa shape index (κ1) is 15.6. The van der Waals surface area contributed by atoms with Crippen LogP contribution >= 0.6 is 11.6 Å². The smallest absolute Gasteiger partial charge is 0.224 e. The number of benzene rings is 2. The van der Waals surface area contributed by atoms with E-state index < -0.39 is 0 Å². The van der Waals surface area contributed by atoms with Crippen LogP contribution in [0.25, 0.3) is 10.9 Å². The lowest BCUT2D eigenvalue weighted by atomic mass is 10.1. The Labute approximate surface area is 140 Å². The van der Waals surface area contributed by atoms with Gasteiger partial charge in [-0.25, -0.2) is 0 Å². The van der Waals surface area contributed by atoms with Gasteiger partial charge in [0.1, 0.15) is 0 Å². The summed E-state index contributed by atoms with van der Waals surface area (Å²) in [6.07, 6.45) is 3.40. The highest BCUT2D eigenvalue weighted by Gasteiger charge is 2.03. The zero-order chi connectivity index (χ0) is 16.1. The highest BCUT2D eigenvalue weighted by atomic mass is 35.5.